The van der Waals surface area contributed by atoms with Gasteiger partial charge in [0.05, 0.1) is 14.2 Å². The fourth-order valence-corrected chi connectivity index (χ4v) is 3.21. The quantitative estimate of drug-likeness (QED) is 0.570. The Labute approximate surface area is 151 Å². The van der Waals surface area contributed by atoms with Gasteiger partial charge in [-0.2, -0.15) is 0 Å². The number of hydrogen-bond donors (Lipinski definition) is 2. The molecule has 0 unspecified atom stereocenters. The van der Waals surface area contributed by atoms with E-state index in [9.17, 15) is 10.2 Å². The topological polar surface area (TPSA) is 68.2 Å². The highest BCUT2D eigenvalue weighted by atomic mass is 16.5. The average Bonchev–Trinajstić information content (AvgIpc) is 2.66. The van der Waals surface area contributed by atoms with E-state index in [-0.39, 0.29) is 11.5 Å². The van der Waals surface area contributed by atoms with Crippen LogP contribution in [0.1, 0.15) is 11.1 Å². The second kappa shape index (κ2) is 6.19. The fourth-order valence-electron chi connectivity index (χ4n) is 3.21. The standard InChI is InChI=1S/C21H18O5/c1-24-13-6-7-14(20(10-13)25-2)12-8-18(23)16-11-15-17(22)4-3-5-19(15)26-21(16)9-12/h3-10,22-23H,11H2,1-2H3. The molecule has 0 atom stereocenters. The molecule has 26 heavy (non-hydrogen) atoms. The van der Waals surface area contributed by atoms with Gasteiger partial charge >= 0.3 is 0 Å². The molecule has 0 aromatic heterocycles. The predicted molar refractivity (Wildman–Crippen MR) is 97.6 cm³/mol. The zero-order valence-corrected chi connectivity index (χ0v) is 14.4. The molecule has 0 spiro atoms. The number of phenolic OH excluding ortho intramolecular Hbond substituents is 2. The van der Waals surface area contributed by atoms with Crippen LogP contribution in [-0.4, -0.2) is 24.4 Å². The van der Waals surface area contributed by atoms with Crippen LogP contribution in [0.4, 0.5) is 0 Å². The van der Waals surface area contributed by atoms with Gasteiger partial charge in [-0.15, -0.1) is 0 Å². The molecule has 1 aliphatic heterocycles. The third kappa shape index (κ3) is 2.58. The van der Waals surface area contributed by atoms with Crippen molar-refractivity contribution in [2.75, 3.05) is 14.2 Å². The van der Waals surface area contributed by atoms with E-state index < -0.39 is 0 Å². The molecule has 0 bridgehead atoms. The second-order valence-corrected chi connectivity index (χ2v) is 6.07. The molecule has 1 heterocycles. The molecule has 0 amide bonds. The molecule has 0 radical (unpaired) electrons. The highest BCUT2D eigenvalue weighted by Crippen LogP contribution is 2.46. The second-order valence-electron chi connectivity index (χ2n) is 6.07. The Morgan fingerprint density at radius 2 is 1.65 bits per heavy atom. The number of aromatic hydroxyl groups is 2. The van der Waals surface area contributed by atoms with E-state index in [0.717, 1.165) is 11.1 Å². The van der Waals surface area contributed by atoms with E-state index in [1.165, 1.54) is 0 Å². The van der Waals surface area contributed by atoms with Gasteiger partial charge in [0.25, 0.3) is 0 Å². The maximum absolute atomic E-state index is 10.6. The highest BCUT2D eigenvalue weighted by molar-refractivity contribution is 5.76. The molecule has 3 aromatic rings. The van der Waals surface area contributed by atoms with Crippen molar-refractivity contribution in [1.82, 2.24) is 0 Å². The van der Waals surface area contributed by atoms with Gasteiger partial charge in [-0.05, 0) is 42.0 Å². The molecule has 0 aliphatic carbocycles. The lowest BCUT2D eigenvalue weighted by Crippen LogP contribution is -2.04. The van der Waals surface area contributed by atoms with Gasteiger partial charge in [-0.25, -0.2) is 0 Å². The summed E-state index contributed by atoms with van der Waals surface area (Å²) < 4.78 is 16.6. The summed E-state index contributed by atoms with van der Waals surface area (Å²) in [7, 11) is 3.19. The molecule has 3 aromatic carbocycles. The summed E-state index contributed by atoms with van der Waals surface area (Å²) >= 11 is 0. The summed E-state index contributed by atoms with van der Waals surface area (Å²) in [6, 6.07) is 14.2. The number of phenols is 2. The lowest BCUT2D eigenvalue weighted by atomic mass is 9.95. The first kappa shape index (κ1) is 16.1. The smallest absolute Gasteiger partial charge is 0.135 e. The van der Waals surface area contributed by atoms with Crippen molar-refractivity contribution in [3.8, 4) is 45.6 Å². The van der Waals surface area contributed by atoms with Crippen molar-refractivity contribution in [2.24, 2.45) is 0 Å². The van der Waals surface area contributed by atoms with Crippen molar-refractivity contribution in [3.63, 3.8) is 0 Å². The van der Waals surface area contributed by atoms with Crippen LogP contribution < -0.4 is 14.2 Å². The Morgan fingerprint density at radius 1 is 0.846 bits per heavy atom. The van der Waals surface area contributed by atoms with Crippen molar-refractivity contribution in [1.29, 1.82) is 0 Å². The van der Waals surface area contributed by atoms with Gasteiger partial charge in [0.2, 0.25) is 0 Å². The van der Waals surface area contributed by atoms with E-state index in [1.54, 1.807) is 44.6 Å². The van der Waals surface area contributed by atoms with Crippen LogP contribution >= 0.6 is 0 Å². The lowest BCUT2D eigenvalue weighted by Gasteiger charge is -2.23. The number of benzene rings is 3. The molecule has 1 aliphatic rings. The highest BCUT2D eigenvalue weighted by Gasteiger charge is 2.24. The molecule has 0 saturated heterocycles. The summed E-state index contributed by atoms with van der Waals surface area (Å²) in [4.78, 5) is 0. The summed E-state index contributed by atoms with van der Waals surface area (Å²) in [6.07, 6.45) is 0.406. The van der Waals surface area contributed by atoms with Gasteiger partial charge < -0.3 is 24.4 Å². The number of fused-ring (bicyclic) bond motifs is 2. The Bertz CT molecular complexity index is 994. The van der Waals surface area contributed by atoms with Gasteiger partial charge in [-0.3, -0.25) is 0 Å². The normalized spacial score (nSPS) is 11.9. The van der Waals surface area contributed by atoms with Crippen molar-refractivity contribution in [2.45, 2.75) is 6.42 Å². The monoisotopic (exact) mass is 350 g/mol. The SMILES string of the molecule is COc1ccc(-c2cc(O)c3c(c2)Oc2cccc(O)c2C3)c(OC)c1. The van der Waals surface area contributed by atoms with E-state index >= 15 is 0 Å². The van der Waals surface area contributed by atoms with Crippen LogP contribution in [0, 0.1) is 0 Å². The zero-order chi connectivity index (χ0) is 18.3. The summed E-state index contributed by atoms with van der Waals surface area (Å²) in [5.41, 5.74) is 2.90. The molecule has 0 saturated carbocycles. The molecule has 0 fully saturated rings. The van der Waals surface area contributed by atoms with Gasteiger partial charge in [-0.1, -0.05) is 6.07 Å². The summed E-state index contributed by atoms with van der Waals surface area (Å²) in [5, 5.41) is 20.6. The van der Waals surface area contributed by atoms with E-state index in [0.29, 0.717) is 40.5 Å². The van der Waals surface area contributed by atoms with E-state index in [4.69, 9.17) is 14.2 Å². The first-order chi connectivity index (χ1) is 12.6. The Hall–Kier alpha value is -3.34. The Morgan fingerprint density at radius 3 is 2.42 bits per heavy atom. The third-order valence-electron chi connectivity index (χ3n) is 4.59. The molecule has 4 rings (SSSR count). The molecule has 5 nitrogen and oxygen atoms in total. The zero-order valence-electron chi connectivity index (χ0n) is 14.4. The molecule has 2 N–H and O–H groups in total. The van der Waals surface area contributed by atoms with Crippen LogP contribution in [0.15, 0.2) is 48.5 Å². The maximum atomic E-state index is 10.6. The number of ether oxygens (including phenoxy) is 3. The molecule has 132 valence electrons. The third-order valence-corrected chi connectivity index (χ3v) is 4.59. The molecular formula is C21H18O5. The van der Waals surface area contributed by atoms with Crippen LogP contribution in [0.25, 0.3) is 11.1 Å². The number of rotatable bonds is 3. The minimum absolute atomic E-state index is 0.115. The Kier molecular flexibility index (Phi) is 3.84. The van der Waals surface area contributed by atoms with E-state index in [1.807, 2.05) is 18.2 Å². The van der Waals surface area contributed by atoms with Crippen molar-refractivity contribution < 1.29 is 24.4 Å². The van der Waals surface area contributed by atoms with Gasteiger partial charge in [0.1, 0.15) is 34.5 Å². The maximum Gasteiger partial charge on any atom is 0.135 e. The minimum atomic E-state index is 0.115. The predicted octanol–water partition coefficient (Wildman–Crippen LogP) is 4.48. The molecular weight excluding hydrogens is 332 g/mol. The fraction of sp³-hybridized carbons (Fsp3) is 0.143. The van der Waals surface area contributed by atoms with Crippen LogP contribution in [0.2, 0.25) is 0 Å². The number of methoxy groups -OCH3 is 2. The van der Waals surface area contributed by atoms with Crippen LogP contribution in [0.5, 0.6) is 34.5 Å². The summed E-state index contributed by atoms with van der Waals surface area (Å²) in [5.74, 6) is 2.76. The first-order valence-corrected chi connectivity index (χ1v) is 8.17. The van der Waals surface area contributed by atoms with Crippen molar-refractivity contribution >= 4 is 0 Å². The number of hydrogen-bond acceptors (Lipinski definition) is 5. The lowest BCUT2D eigenvalue weighted by molar-refractivity contribution is 0.395. The van der Waals surface area contributed by atoms with Gasteiger partial charge in [0.15, 0.2) is 0 Å². The van der Waals surface area contributed by atoms with Crippen LogP contribution in [-0.2, 0) is 6.42 Å². The Balaban J connectivity index is 1.81. The first-order valence-electron chi connectivity index (χ1n) is 8.17. The van der Waals surface area contributed by atoms with Crippen molar-refractivity contribution in [3.05, 3.63) is 59.7 Å². The summed E-state index contributed by atoms with van der Waals surface area (Å²) in [6.45, 7) is 0. The van der Waals surface area contributed by atoms with Crippen LogP contribution in [0.3, 0.4) is 0 Å². The largest absolute Gasteiger partial charge is 0.508 e. The molecule has 5 heteroatoms. The minimum Gasteiger partial charge on any atom is -0.508 e. The average molecular weight is 350 g/mol. The van der Waals surface area contributed by atoms with E-state index in [2.05, 4.69) is 0 Å². The van der Waals surface area contributed by atoms with Gasteiger partial charge in [0, 0.05) is 29.2 Å².